The zero-order chi connectivity index (χ0) is 18.1. The maximum Gasteiger partial charge on any atom is 0.331 e. The molecule has 4 nitrogen and oxygen atoms in total. The van der Waals surface area contributed by atoms with Gasteiger partial charge in [0.1, 0.15) is 11.9 Å². The number of aliphatic carboxylic acids is 1. The van der Waals surface area contributed by atoms with Crippen LogP contribution in [-0.2, 0) is 9.53 Å². The smallest absolute Gasteiger partial charge is 0.331 e. The van der Waals surface area contributed by atoms with Crippen molar-refractivity contribution in [2.24, 2.45) is 0 Å². The molecule has 2 unspecified atom stereocenters. The molecule has 0 bridgehead atoms. The second-order valence-electron chi connectivity index (χ2n) is 6.79. The van der Waals surface area contributed by atoms with E-state index in [-0.39, 0.29) is 11.7 Å². The Labute approximate surface area is 150 Å². The van der Waals surface area contributed by atoms with E-state index < -0.39 is 11.8 Å². The third-order valence-electron chi connectivity index (χ3n) is 4.56. The van der Waals surface area contributed by atoms with Crippen molar-refractivity contribution in [2.45, 2.75) is 77.1 Å². The molecule has 1 aliphatic rings. The molecule has 2 atom stereocenters. The van der Waals surface area contributed by atoms with Crippen LogP contribution in [0.1, 0.15) is 65.2 Å². The summed E-state index contributed by atoms with van der Waals surface area (Å²) in [5.41, 5.74) is 0.248. The van der Waals surface area contributed by atoms with Crippen molar-refractivity contribution in [1.29, 1.82) is 0 Å². The molecule has 1 aromatic rings. The van der Waals surface area contributed by atoms with Crippen LogP contribution >= 0.6 is 0 Å². The van der Waals surface area contributed by atoms with Gasteiger partial charge in [-0.3, -0.25) is 0 Å². The highest BCUT2D eigenvalue weighted by atomic mass is 16.8. The lowest BCUT2D eigenvalue weighted by Crippen LogP contribution is -2.22. The van der Waals surface area contributed by atoms with Crippen molar-refractivity contribution >= 4 is 5.97 Å². The molecule has 1 heterocycles. The zero-order valence-electron chi connectivity index (χ0n) is 15.4. The lowest BCUT2D eigenvalue weighted by atomic mass is 10.0. The van der Waals surface area contributed by atoms with Crippen LogP contribution in [0.4, 0.5) is 0 Å². The summed E-state index contributed by atoms with van der Waals surface area (Å²) >= 11 is 0. The van der Waals surface area contributed by atoms with E-state index >= 15 is 0 Å². The standard InChI is InChI=1S/C21H30O4/c1-3-4-5-6-7-8-12-15-19-21(25-19,16-17(2)20(22)23)24-18-13-10-9-11-14-18/h9-11,13-14,16,19H,3-8,12,15H2,1-2H3,(H,22,23). The van der Waals surface area contributed by atoms with Gasteiger partial charge in [-0.1, -0.05) is 70.1 Å². The molecule has 1 fully saturated rings. The molecular weight excluding hydrogens is 316 g/mol. The third-order valence-corrected chi connectivity index (χ3v) is 4.56. The number of hydrogen-bond donors (Lipinski definition) is 1. The summed E-state index contributed by atoms with van der Waals surface area (Å²) in [6.07, 6.45) is 11.1. The molecular formula is C21H30O4. The van der Waals surface area contributed by atoms with Gasteiger partial charge < -0.3 is 14.6 Å². The van der Waals surface area contributed by atoms with E-state index in [0.717, 1.165) is 12.8 Å². The Morgan fingerprint density at radius 1 is 1.16 bits per heavy atom. The number of unbranched alkanes of at least 4 members (excludes halogenated alkanes) is 6. The third kappa shape index (κ3) is 6.20. The first-order valence-electron chi connectivity index (χ1n) is 9.42. The molecule has 0 amide bonds. The molecule has 0 radical (unpaired) electrons. The minimum atomic E-state index is -0.943. The highest BCUT2D eigenvalue weighted by molar-refractivity contribution is 5.86. The van der Waals surface area contributed by atoms with Crippen molar-refractivity contribution in [2.75, 3.05) is 0 Å². The van der Waals surface area contributed by atoms with E-state index in [4.69, 9.17) is 14.6 Å². The van der Waals surface area contributed by atoms with Gasteiger partial charge in [-0.05, 0) is 31.6 Å². The van der Waals surface area contributed by atoms with Gasteiger partial charge in [-0.25, -0.2) is 4.79 Å². The van der Waals surface area contributed by atoms with Crippen LogP contribution in [0, 0.1) is 0 Å². The first-order chi connectivity index (χ1) is 12.1. The fourth-order valence-corrected chi connectivity index (χ4v) is 3.02. The highest BCUT2D eigenvalue weighted by Crippen LogP contribution is 2.43. The van der Waals surface area contributed by atoms with E-state index in [1.54, 1.807) is 13.0 Å². The van der Waals surface area contributed by atoms with Crippen molar-refractivity contribution in [3.8, 4) is 5.75 Å². The number of hydrogen-bond acceptors (Lipinski definition) is 3. The summed E-state index contributed by atoms with van der Waals surface area (Å²) in [6, 6.07) is 9.42. The molecule has 4 heteroatoms. The summed E-state index contributed by atoms with van der Waals surface area (Å²) in [6.45, 7) is 3.80. The molecule has 1 saturated heterocycles. The fraction of sp³-hybridized carbons (Fsp3) is 0.571. The zero-order valence-corrected chi connectivity index (χ0v) is 15.4. The van der Waals surface area contributed by atoms with Gasteiger partial charge in [0.2, 0.25) is 0 Å². The molecule has 1 aliphatic heterocycles. The normalized spacial score (nSPS) is 22.6. The Balaban J connectivity index is 1.86. The second kappa shape index (κ2) is 9.62. The Bertz CT molecular complexity index is 567. The van der Waals surface area contributed by atoms with Crippen LogP contribution in [0.25, 0.3) is 0 Å². The van der Waals surface area contributed by atoms with Crippen molar-refractivity contribution in [3.63, 3.8) is 0 Å². The van der Waals surface area contributed by atoms with Crippen molar-refractivity contribution in [1.82, 2.24) is 0 Å². The molecule has 138 valence electrons. The molecule has 1 N–H and O–H groups in total. The number of para-hydroxylation sites is 1. The SMILES string of the molecule is CCCCCCCCCC1OC1(C=C(C)C(=O)O)Oc1ccccc1. The minimum absolute atomic E-state index is 0.0716. The van der Waals surface area contributed by atoms with E-state index in [1.165, 1.54) is 38.5 Å². The second-order valence-corrected chi connectivity index (χ2v) is 6.79. The first-order valence-corrected chi connectivity index (χ1v) is 9.42. The van der Waals surface area contributed by atoms with Gasteiger partial charge in [0, 0.05) is 5.57 Å². The number of benzene rings is 1. The molecule has 1 aromatic carbocycles. The lowest BCUT2D eigenvalue weighted by Gasteiger charge is -2.13. The van der Waals surface area contributed by atoms with Crippen LogP contribution < -0.4 is 4.74 Å². The predicted molar refractivity (Wildman–Crippen MR) is 98.7 cm³/mol. The number of epoxide rings is 1. The van der Waals surface area contributed by atoms with Crippen LogP contribution in [-0.4, -0.2) is 23.0 Å². The molecule has 25 heavy (non-hydrogen) atoms. The van der Waals surface area contributed by atoms with Gasteiger partial charge in [0.25, 0.3) is 5.79 Å². The van der Waals surface area contributed by atoms with Gasteiger partial charge in [0.15, 0.2) is 0 Å². The molecule has 2 rings (SSSR count). The van der Waals surface area contributed by atoms with E-state index in [2.05, 4.69) is 6.92 Å². The molecule has 0 aromatic heterocycles. The topological polar surface area (TPSA) is 59.1 Å². The number of carboxylic acids is 1. The first kappa shape index (κ1) is 19.5. The lowest BCUT2D eigenvalue weighted by molar-refractivity contribution is -0.132. The van der Waals surface area contributed by atoms with Gasteiger partial charge in [0.05, 0.1) is 0 Å². The maximum atomic E-state index is 11.2. The Morgan fingerprint density at radius 2 is 1.80 bits per heavy atom. The average Bonchev–Trinajstić information content (AvgIpc) is 3.26. The predicted octanol–water partition coefficient (Wildman–Crippen LogP) is 5.33. The van der Waals surface area contributed by atoms with Crippen LogP contribution in [0.15, 0.2) is 42.0 Å². The van der Waals surface area contributed by atoms with Crippen LogP contribution in [0.5, 0.6) is 5.75 Å². The highest BCUT2D eigenvalue weighted by Gasteiger charge is 2.57. The van der Waals surface area contributed by atoms with E-state index in [1.807, 2.05) is 30.3 Å². The minimum Gasteiger partial charge on any atom is -0.478 e. The van der Waals surface area contributed by atoms with Crippen molar-refractivity contribution < 1.29 is 19.4 Å². The van der Waals surface area contributed by atoms with Gasteiger partial charge in [-0.15, -0.1) is 0 Å². The van der Waals surface area contributed by atoms with E-state index in [0.29, 0.717) is 5.75 Å². The molecule has 0 aliphatic carbocycles. The van der Waals surface area contributed by atoms with E-state index in [9.17, 15) is 4.79 Å². The fourth-order valence-electron chi connectivity index (χ4n) is 3.02. The quantitative estimate of drug-likeness (QED) is 0.316. The Morgan fingerprint density at radius 3 is 2.44 bits per heavy atom. The van der Waals surface area contributed by atoms with Crippen LogP contribution in [0.3, 0.4) is 0 Å². The van der Waals surface area contributed by atoms with Gasteiger partial charge >= 0.3 is 5.97 Å². The number of ether oxygens (including phenoxy) is 2. The Kier molecular flexibility index (Phi) is 7.51. The molecule has 0 saturated carbocycles. The summed E-state index contributed by atoms with van der Waals surface area (Å²) in [5.74, 6) is -1.17. The molecule has 0 spiro atoms. The summed E-state index contributed by atoms with van der Waals surface area (Å²) in [4.78, 5) is 11.2. The monoisotopic (exact) mass is 346 g/mol. The average molecular weight is 346 g/mol. The Hall–Kier alpha value is -1.81. The summed E-state index contributed by atoms with van der Waals surface area (Å²) < 4.78 is 11.8. The number of rotatable bonds is 12. The summed E-state index contributed by atoms with van der Waals surface area (Å²) in [5, 5.41) is 9.16. The maximum absolute atomic E-state index is 11.2. The number of carboxylic acid groups (broad SMARTS) is 1. The van der Waals surface area contributed by atoms with Crippen molar-refractivity contribution in [3.05, 3.63) is 42.0 Å². The van der Waals surface area contributed by atoms with Crippen LogP contribution in [0.2, 0.25) is 0 Å². The van der Waals surface area contributed by atoms with Gasteiger partial charge in [-0.2, -0.15) is 0 Å². The summed E-state index contributed by atoms with van der Waals surface area (Å²) in [7, 11) is 0. The number of carbonyl (C=O) groups is 1. The largest absolute Gasteiger partial charge is 0.478 e.